The van der Waals surface area contributed by atoms with Crippen LogP contribution in [-0.4, -0.2) is 60.5 Å². The Morgan fingerprint density at radius 3 is 2.57 bits per heavy atom. The largest absolute Gasteiger partial charge is 0.336 e. The van der Waals surface area contributed by atoms with Crippen LogP contribution < -0.4 is 5.32 Å². The second kappa shape index (κ2) is 7.30. The quantitative estimate of drug-likeness (QED) is 0.813. The first-order valence-electron chi connectivity index (χ1n) is 8.40. The van der Waals surface area contributed by atoms with Crippen LogP contribution in [-0.2, 0) is 4.79 Å². The van der Waals surface area contributed by atoms with E-state index in [-0.39, 0.29) is 12.4 Å². The number of likely N-dealkylation sites (N-methyl/N-ethyl adjacent to an activating group) is 1. The van der Waals surface area contributed by atoms with E-state index in [1.807, 2.05) is 7.05 Å². The second-order valence-corrected chi connectivity index (χ2v) is 6.97. The van der Waals surface area contributed by atoms with Gasteiger partial charge in [-0.05, 0) is 65.0 Å². The van der Waals surface area contributed by atoms with E-state index >= 15 is 0 Å². The molecule has 1 aliphatic heterocycles. The molecule has 2 aliphatic carbocycles. The summed E-state index contributed by atoms with van der Waals surface area (Å²) < 4.78 is 0. The molecule has 0 aromatic heterocycles. The Labute approximate surface area is 135 Å². The van der Waals surface area contributed by atoms with Crippen LogP contribution in [0.3, 0.4) is 0 Å². The number of piperidine rings is 1. The number of carbonyl (C=O) groups excluding carboxylic acids is 1. The number of hydrogen-bond acceptors (Lipinski definition) is 3. The maximum atomic E-state index is 12.7. The minimum absolute atomic E-state index is 0. The van der Waals surface area contributed by atoms with Crippen molar-refractivity contribution in [1.29, 1.82) is 0 Å². The van der Waals surface area contributed by atoms with Gasteiger partial charge in [-0.15, -0.1) is 12.4 Å². The fourth-order valence-electron chi connectivity index (χ4n) is 3.63. The normalized spacial score (nSPS) is 27.8. The third kappa shape index (κ3) is 4.33. The summed E-state index contributed by atoms with van der Waals surface area (Å²) in [5.74, 6) is 1.16. The first-order valence-corrected chi connectivity index (χ1v) is 8.40. The fraction of sp³-hybridized carbons (Fsp3) is 0.938. The molecule has 3 rings (SSSR count). The van der Waals surface area contributed by atoms with Crippen molar-refractivity contribution in [2.45, 2.75) is 63.6 Å². The molecule has 4 nitrogen and oxygen atoms in total. The van der Waals surface area contributed by atoms with Gasteiger partial charge in [0.1, 0.15) is 0 Å². The smallest absolute Gasteiger partial charge is 0.237 e. The molecule has 0 aromatic carbocycles. The summed E-state index contributed by atoms with van der Waals surface area (Å²) in [4.78, 5) is 17.3. The molecule has 21 heavy (non-hydrogen) atoms. The predicted molar refractivity (Wildman–Crippen MR) is 87.8 cm³/mol. The van der Waals surface area contributed by atoms with Gasteiger partial charge in [-0.25, -0.2) is 0 Å². The first-order chi connectivity index (χ1) is 9.69. The lowest BCUT2D eigenvalue weighted by atomic mass is 10.1. The van der Waals surface area contributed by atoms with E-state index in [1.54, 1.807) is 0 Å². The van der Waals surface area contributed by atoms with Crippen LogP contribution >= 0.6 is 12.4 Å². The van der Waals surface area contributed by atoms with Gasteiger partial charge in [-0.1, -0.05) is 0 Å². The number of nitrogens with zero attached hydrogens (tertiary/aromatic N) is 2. The molecule has 122 valence electrons. The third-order valence-electron chi connectivity index (χ3n) is 5.24. The second-order valence-electron chi connectivity index (χ2n) is 6.97. The molecule has 1 amide bonds. The van der Waals surface area contributed by atoms with Gasteiger partial charge in [0, 0.05) is 24.7 Å². The van der Waals surface area contributed by atoms with E-state index in [9.17, 15) is 4.79 Å². The number of nitrogens with one attached hydrogen (secondary N) is 1. The highest BCUT2D eigenvalue weighted by Gasteiger charge is 2.41. The van der Waals surface area contributed by atoms with Crippen LogP contribution in [0, 0.1) is 5.92 Å². The van der Waals surface area contributed by atoms with E-state index in [2.05, 4.69) is 22.0 Å². The van der Waals surface area contributed by atoms with Gasteiger partial charge in [0.15, 0.2) is 0 Å². The Hall–Kier alpha value is -0.320. The van der Waals surface area contributed by atoms with Crippen LogP contribution in [0.15, 0.2) is 0 Å². The van der Waals surface area contributed by atoms with Crippen molar-refractivity contribution in [2.24, 2.45) is 5.92 Å². The highest BCUT2D eigenvalue weighted by molar-refractivity contribution is 5.85. The number of amides is 1. The zero-order valence-electron chi connectivity index (χ0n) is 13.4. The molecule has 0 spiro atoms. The number of likely N-dealkylation sites (tertiary alicyclic amines) is 1. The zero-order valence-corrected chi connectivity index (χ0v) is 14.2. The molecule has 0 aromatic rings. The molecule has 1 heterocycles. The summed E-state index contributed by atoms with van der Waals surface area (Å²) in [6, 6.07) is 1.59. The molecular weight excluding hydrogens is 286 g/mol. The lowest BCUT2D eigenvalue weighted by Gasteiger charge is -2.35. The van der Waals surface area contributed by atoms with Crippen LogP contribution in [0.2, 0.25) is 0 Å². The summed E-state index contributed by atoms with van der Waals surface area (Å²) >= 11 is 0. The van der Waals surface area contributed by atoms with Crippen molar-refractivity contribution in [3.8, 4) is 0 Å². The Bertz CT molecular complexity index is 357. The zero-order chi connectivity index (χ0) is 14.1. The standard InChI is InChI=1S/C16H29N3O.ClH/c1-12(13-5-6-13)19(15-7-8-15)16(20)11-18-9-3-4-14(10-18)17-2;/h12-15,17H,3-11H2,1-2H3;1H. The topological polar surface area (TPSA) is 35.6 Å². The lowest BCUT2D eigenvalue weighted by molar-refractivity contribution is -0.135. The Balaban J connectivity index is 0.00000161. The van der Waals surface area contributed by atoms with Crippen LogP contribution in [0.5, 0.6) is 0 Å². The Morgan fingerprint density at radius 1 is 1.29 bits per heavy atom. The monoisotopic (exact) mass is 315 g/mol. The molecule has 1 saturated heterocycles. The van der Waals surface area contributed by atoms with Gasteiger partial charge in [0.2, 0.25) is 5.91 Å². The summed E-state index contributed by atoms with van der Waals surface area (Å²) in [6.45, 7) is 5.00. The molecule has 0 bridgehead atoms. The van der Waals surface area contributed by atoms with Gasteiger partial charge in [0.05, 0.1) is 6.54 Å². The van der Waals surface area contributed by atoms with Crippen molar-refractivity contribution in [1.82, 2.24) is 15.1 Å². The molecule has 1 N–H and O–H groups in total. The Kier molecular flexibility index (Phi) is 5.92. The lowest BCUT2D eigenvalue weighted by Crippen LogP contribution is -2.51. The summed E-state index contributed by atoms with van der Waals surface area (Å²) in [6.07, 6.45) is 7.54. The van der Waals surface area contributed by atoms with Crippen molar-refractivity contribution < 1.29 is 4.79 Å². The number of halogens is 1. The summed E-state index contributed by atoms with van der Waals surface area (Å²) in [7, 11) is 2.03. The molecule has 3 aliphatic rings. The van der Waals surface area contributed by atoms with E-state index < -0.39 is 0 Å². The molecular formula is C16H30ClN3O. The van der Waals surface area contributed by atoms with Gasteiger partial charge < -0.3 is 10.2 Å². The van der Waals surface area contributed by atoms with Gasteiger partial charge in [0.25, 0.3) is 0 Å². The highest BCUT2D eigenvalue weighted by Crippen LogP contribution is 2.39. The fourth-order valence-corrected chi connectivity index (χ4v) is 3.63. The molecule has 0 radical (unpaired) electrons. The van der Waals surface area contributed by atoms with Crippen molar-refractivity contribution in [3.63, 3.8) is 0 Å². The number of hydrogen-bond donors (Lipinski definition) is 1. The van der Waals surface area contributed by atoms with Crippen LogP contribution in [0.1, 0.15) is 45.4 Å². The molecule has 2 unspecified atom stereocenters. The van der Waals surface area contributed by atoms with E-state index in [4.69, 9.17) is 0 Å². The van der Waals surface area contributed by atoms with Crippen molar-refractivity contribution in [2.75, 3.05) is 26.7 Å². The van der Waals surface area contributed by atoms with Crippen molar-refractivity contribution >= 4 is 18.3 Å². The SMILES string of the molecule is CNC1CCCN(CC(=O)N(C2CC2)C(C)C2CC2)C1.Cl. The van der Waals surface area contributed by atoms with Gasteiger partial charge in [-0.3, -0.25) is 9.69 Å². The minimum atomic E-state index is 0. The third-order valence-corrected chi connectivity index (χ3v) is 5.24. The average molecular weight is 316 g/mol. The van der Waals surface area contributed by atoms with E-state index in [0.29, 0.717) is 30.6 Å². The molecule has 3 fully saturated rings. The van der Waals surface area contributed by atoms with Crippen LogP contribution in [0.25, 0.3) is 0 Å². The predicted octanol–water partition coefficient (Wildman–Crippen LogP) is 1.88. The molecule has 2 atom stereocenters. The molecule has 2 saturated carbocycles. The van der Waals surface area contributed by atoms with Gasteiger partial charge >= 0.3 is 0 Å². The van der Waals surface area contributed by atoms with Crippen molar-refractivity contribution in [3.05, 3.63) is 0 Å². The van der Waals surface area contributed by atoms with Gasteiger partial charge in [-0.2, -0.15) is 0 Å². The van der Waals surface area contributed by atoms with E-state index in [1.165, 1.54) is 38.5 Å². The molecule has 5 heteroatoms. The summed E-state index contributed by atoms with van der Waals surface area (Å²) in [5, 5.41) is 3.36. The number of carbonyl (C=O) groups is 1. The number of rotatable bonds is 6. The summed E-state index contributed by atoms with van der Waals surface area (Å²) in [5.41, 5.74) is 0. The first kappa shape index (κ1) is 17.0. The highest BCUT2D eigenvalue weighted by atomic mass is 35.5. The maximum absolute atomic E-state index is 12.7. The Morgan fingerprint density at radius 2 is 2.00 bits per heavy atom. The van der Waals surface area contributed by atoms with Crippen LogP contribution in [0.4, 0.5) is 0 Å². The maximum Gasteiger partial charge on any atom is 0.237 e. The minimum Gasteiger partial charge on any atom is -0.336 e. The van der Waals surface area contributed by atoms with E-state index in [0.717, 1.165) is 19.0 Å². The average Bonchev–Trinajstić information content (AvgIpc) is 3.30.